The Balaban J connectivity index is 2.74. The van der Waals surface area contributed by atoms with Crippen LogP contribution in [0.2, 0.25) is 0 Å². The van der Waals surface area contributed by atoms with E-state index in [1.165, 1.54) is 38.3 Å². The van der Waals surface area contributed by atoms with Crippen molar-refractivity contribution < 1.29 is 48.1 Å². The monoisotopic (exact) mass is 549 g/mol. The summed E-state index contributed by atoms with van der Waals surface area (Å²) >= 11 is 0. The Hall–Kier alpha value is -4.68. The van der Waals surface area contributed by atoms with Crippen molar-refractivity contribution in [3.05, 3.63) is 29.8 Å². The van der Waals surface area contributed by atoms with E-state index in [4.69, 9.17) is 26.7 Å². The van der Waals surface area contributed by atoms with Gasteiger partial charge in [-0.05, 0) is 24.6 Å². The zero-order chi connectivity index (χ0) is 29.4. The lowest BCUT2D eigenvalue weighted by atomic mass is 10.1. The van der Waals surface area contributed by atoms with Crippen LogP contribution in [0.4, 0.5) is 10.5 Å². The van der Waals surface area contributed by atoms with Gasteiger partial charge >= 0.3 is 6.16 Å². The maximum Gasteiger partial charge on any atom is 0.506 e. The summed E-state index contributed by atoms with van der Waals surface area (Å²) in [5.41, 5.74) is 5.98. The average Bonchev–Trinajstić information content (AvgIpc) is 2.88. The number of hydrogen-bond acceptors (Lipinski definition) is 9. The van der Waals surface area contributed by atoms with E-state index >= 15 is 0 Å². The van der Waals surface area contributed by atoms with Gasteiger partial charge in [-0.1, -0.05) is 18.1 Å². The van der Waals surface area contributed by atoms with Crippen molar-refractivity contribution in [3.8, 4) is 12.3 Å². The molecule has 0 saturated heterocycles. The number of carbonyl (C=O) groups is 6. The second-order valence-corrected chi connectivity index (χ2v) is 7.92. The molecular weight excluding hydrogens is 518 g/mol. The second-order valence-electron chi connectivity index (χ2n) is 7.92. The van der Waals surface area contributed by atoms with Crippen molar-refractivity contribution in [2.24, 2.45) is 5.73 Å². The number of anilines is 1. The number of terminal acetylenes is 1. The third-order valence-electron chi connectivity index (χ3n) is 4.77. The summed E-state index contributed by atoms with van der Waals surface area (Å²) in [4.78, 5) is 71.7. The number of methoxy groups -OCH3 is 1. The lowest BCUT2D eigenvalue weighted by molar-refractivity contribution is -0.133. The van der Waals surface area contributed by atoms with Crippen LogP contribution in [0.3, 0.4) is 0 Å². The maximum absolute atomic E-state index is 12.7. The van der Waals surface area contributed by atoms with Gasteiger partial charge in [-0.15, -0.1) is 6.42 Å². The Bertz CT molecular complexity index is 1070. The number of benzene rings is 1. The van der Waals surface area contributed by atoms with Gasteiger partial charge < -0.3 is 46.3 Å². The number of amides is 5. The molecule has 1 aromatic carbocycles. The maximum atomic E-state index is 12.7. The minimum Gasteiger partial charge on any atom is -0.450 e. The van der Waals surface area contributed by atoms with E-state index in [9.17, 15) is 28.8 Å². The topological polar surface area (TPSA) is 224 Å². The van der Waals surface area contributed by atoms with Gasteiger partial charge in [0.25, 0.3) is 5.91 Å². The smallest absolute Gasteiger partial charge is 0.450 e. The van der Waals surface area contributed by atoms with Gasteiger partial charge in [0.05, 0.1) is 19.6 Å². The first-order chi connectivity index (χ1) is 18.5. The molecule has 1 rings (SSSR count). The van der Waals surface area contributed by atoms with Gasteiger partial charge in [-0.3, -0.25) is 24.0 Å². The molecular formula is C24H31N5O10. The summed E-state index contributed by atoms with van der Waals surface area (Å²) in [7, 11) is 1.47. The van der Waals surface area contributed by atoms with Crippen molar-refractivity contribution >= 4 is 41.4 Å². The SMILES string of the molecule is C#C[C@@H](NC(=O)C(C)NC(=O)COCCOC)C(=O)N[C@H](CC(N)=O)C(=O)Nc1ccc(COC(=O)O)cc1. The molecule has 0 aliphatic heterocycles. The average molecular weight is 550 g/mol. The van der Waals surface area contributed by atoms with Crippen molar-refractivity contribution in [2.75, 3.05) is 32.2 Å². The molecule has 15 nitrogen and oxygen atoms in total. The Labute approximate surface area is 224 Å². The van der Waals surface area contributed by atoms with Crippen LogP contribution in [-0.4, -0.2) is 85.9 Å². The minimum atomic E-state index is -1.55. The number of rotatable bonds is 16. The molecule has 7 N–H and O–H groups in total. The highest BCUT2D eigenvalue weighted by Crippen LogP contribution is 2.11. The molecule has 0 spiro atoms. The Morgan fingerprint density at radius 3 is 2.23 bits per heavy atom. The van der Waals surface area contributed by atoms with E-state index in [-0.39, 0.29) is 32.1 Å². The van der Waals surface area contributed by atoms with E-state index in [1.807, 2.05) is 0 Å². The first kappa shape index (κ1) is 32.3. The molecule has 0 aromatic heterocycles. The number of carbonyl (C=O) groups excluding carboxylic acids is 5. The van der Waals surface area contributed by atoms with Crippen molar-refractivity contribution in [2.45, 2.75) is 38.1 Å². The molecule has 0 heterocycles. The quantitative estimate of drug-likeness (QED) is 0.0792. The highest BCUT2D eigenvalue weighted by Gasteiger charge is 2.28. The van der Waals surface area contributed by atoms with Gasteiger partial charge in [0.1, 0.15) is 25.3 Å². The van der Waals surface area contributed by atoms with Crippen LogP contribution in [0.1, 0.15) is 18.9 Å². The summed E-state index contributed by atoms with van der Waals surface area (Å²) in [5, 5.41) is 17.9. The zero-order valence-electron chi connectivity index (χ0n) is 21.4. The third kappa shape index (κ3) is 12.9. The second kappa shape index (κ2) is 16.9. The molecule has 5 amide bonds. The van der Waals surface area contributed by atoms with Gasteiger partial charge in [-0.25, -0.2) is 4.79 Å². The number of hydrogen-bond donors (Lipinski definition) is 6. The summed E-state index contributed by atoms with van der Waals surface area (Å²) in [6, 6.07) is 1.81. The lowest BCUT2D eigenvalue weighted by Gasteiger charge is -2.21. The molecule has 0 aliphatic rings. The zero-order valence-corrected chi connectivity index (χ0v) is 21.4. The molecule has 15 heteroatoms. The number of ether oxygens (including phenoxy) is 3. The van der Waals surface area contributed by atoms with E-state index in [2.05, 4.69) is 31.9 Å². The number of nitrogens with one attached hydrogen (secondary N) is 4. The molecule has 212 valence electrons. The van der Waals surface area contributed by atoms with Crippen LogP contribution in [0.15, 0.2) is 24.3 Å². The van der Waals surface area contributed by atoms with E-state index in [0.29, 0.717) is 5.56 Å². The first-order valence-corrected chi connectivity index (χ1v) is 11.4. The molecule has 0 radical (unpaired) electrons. The van der Waals surface area contributed by atoms with Crippen LogP contribution < -0.4 is 27.0 Å². The van der Waals surface area contributed by atoms with Crippen molar-refractivity contribution in [1.29, 1.82) is 0 Å². The third-order valence-corrected chi connectivity index (χ3v) is 4.77. The van der Waals surface area contributed by atoms with E-state index in [1.54, 1.807) is 0 Å². The van der Waals surface area contributed by atoms with Gasteiger partial charge in [0, 0.05) is 12.8 Å². The molecule has 0 bridgehead atoms. The Morgan fingerprint density at radius 1 is 1.00 bits per heavy atom. The standard InChI is InChI=1S/C24H31N5O10/c1-4-17(28-21(32)14(2)26-20(31)13-38-10-9-37-3)22(33)29-18(11-19(25)30)23(34)27-16-7-5-15(6-8-16)12-39-24(35)36/h1,5-8,14,17-18H,9-13H2,2-3H3,(H2,25,30)(H,26,31)(H,27,34)(H,28,32)(H,29,33)(H,35,36)/t14?,17-,18-/m1/s1. The molecule has 1 unspecified atom stereocenters. The fraction of sp³-hybridized carbons (Fsp3) is 0.417. The summed E-state index contributed by atoms with van der Waals surface area (Å²) in [5.74, 6) is -2.00. The number of nitrogens with two attached hydrogens (primary N) is 1. The van der Waals surface area contributed by atoms with E-state index in [0.717, 1.165) is 0 Å². The van der Waals surface area contributed by atoms with Crippen LogP contribution in [0.5, 0.6) is 0 Å². The molecule has 39 heavy (non-hydrogen) atoms. The summed E-state index contributed by atoms with van der Waals surface area (Å²) in [6.45, 7) is 1.30. The van der Waals surface area contributed by atoms with Gasteiger partial charge in [0.15, 0.2) is 6.04 Å². The normalized spacial score (nSPS) is 12.5. The van der Waals surface area contributed by atoms with Crippen LogP contribution in [0, 0.1) is 12.3 Å². The fourth-order valence-corrected chi connectivity index (χ4v) is 2.83. The Kier molecular flexibility index (Phi) is 14.1. The first-order valence-electron chi connectivity index (χ1n) is 11.4. The van der Waals surface area contributed by atoms with Gasteiger partial charge in [-0.2, -0.15) is 0 Å². The lowest BCUT2D eigenvalue weighted by Crippen LogP contribution is -2.55. The minimum absolute atomic E-state index is 0.178. The fourth-order valence-electron chi connectivity index (χ4n) is 2.83. The van der Waals surface area contributed by atoms with Crippen LogP contribution in [-0.2, 0) is 44.8 Å². The predicted octanol–water partition coefficient (Wildman–Crippen LogP) is -1.53. The molecule has 1 aromatic rings. The molecule has 0 saturated carbocycles. The number of carboxylic acid groups (broad SMARTS) is 1. The summed E-state index contributed by atoms with van der Waals surface area (Å²) in [6.07, 6.45) is 3.34. The molecule has 3 atom stereocenters. The highest BCUT2D eigenvalue weighted by atomic mass is 16.7. The number of primary amides is 1. The van der Waals surface area contributed by atoms with Crippen molar-refractivity contribution in [3.63, 3.8) is 0 Å². The highest BCUT2D eigenvalue weighted by molar-refractivity contribution is 6.01. The van der Waals surface area contributed by atoms with Crippen LogP contribution in [0.25, 0.3) is 0 Å². The van der Waals surface area contributed by atoms with E-state index < -0.39 is 60.2 Å². The summed E-state index contributed by atoms with van der Waals surface area (Å²) < 4.78 is 14.3. The van der Waals surface area contributed by atoms with Gasteiger partial charge in [0.2, 0.25) is 23.6 Å². The molecule has 0 fully saturated rings. The van der Waals surface area contributed by atoms with Crippen molar-refractivity contribution in [1.82, 2.24) is 16.0 Å². The largest absolute Gasteiger partial charge is 0.506 e. The van der Waals surface area contributed by atoms with Crippen LogP contribution >= 0.6 is 0 Å². The molecule has 0 aliphatic carbocycles. The Morgan fingerprint density at radius 2 is 1.67 bits per heavy atom. The predicted molar refractivity (Wildman–Crippen MR) is 135 cm³/mol.